The van der Waals surface area contributed by atoms with E-state index in [0.29, 0.717) is 12.5 Å². The summed E-state index contributed by atoms with van der Waals surface area (Å²) in [5, 5.41) is 4.01. The SMILES string of the molecule is CC(C)COCCNc1ccc(I)cc1Cl. The Hall–Kier alpha value is -0.0000000000000000555. The quantitative estimate of drug-likeness (QED) is 0.616. The molecule has 0 bridgehead atoms. The molecule has 90 valence electrons. The van der Waals surface area contributed by atoms with E-state index in [1.165, 1.54) is 0 Å². The Bertz CT molecular complexity index is 331. The van der Waals surface area contributed by atoms with E-state index in [1.54, 1.807) is 0 Å². The Labute approximate surface area is 116 Å². The zero-order valence-electron chi connectivity index (χ0n) is 9.59. The van der Waals surface area contributed by atoms with Crippen LogP contribution in [0, 0.1) is 9.49 Å². The van der Waals surface area contributed by atoms with E-state index in [9.17, 15) is 0 Å². The Morgan fingerprint density at radius 3 is 2.81 bits per heavy atom. The second-order valence-corrected chi connectivity index (χ2v) is 5.67. The second kappa shape index (κ2) is 7.35. The highest BCUT2D eigenvalue weighted by atomic mass is 127. The molecule has 16 heavy (non-hydrogen) atoms. The van der Waals surface area contributed by atoms with Crippen molar-refractivity contribution >= 4 is 39.9 Å². The number of nitrogens with one attached hydrogen (secondary N) is 1. The molecule has 1 N–H and O–H groups in total. The van der Waals surface area contributed by atoms with E-state index < -0.39 is 0 Å². The summed E-state index contributed by atoms with van der Waals surface area (Å²) in [7, 11) is 0. The molecule has 4 heteroatoms. The Morgan fingerprint density at radius 1 is 1.44 bits per heavy atom. The third-order valence-electron chi connectivity index (χ3n) is 1.94. The van der Waals surface area contributed by atoms with Gasteiger partial charge in [0.05, 0.1) is 17.3 Å². The summed E-state index contributed by atoms with van der Waals surface area (Å²) in [5.41, 5.74) is 0.968. The molecular formula is C12H17ClINO. The summed E-state index contributed by atoms with van der Waals surface area (Å²) >= 11 is 8.33. The predicted octanol–water partition coefficient (Wildman–Crippen LogP) is 4.03. The van der Waals surface area contributed by atoms with Gasteiger partial charge in [0.1, 0.15) is 0 Å². The number of hydrogen-bond donors (Lipinski definition) is 1. The van der Waals surface area contributed by atoms with Gasteiger partial charge < -0.3 is 10.1 Å². The number of benzene rings is 1. The van der Waals surface area contributed by atoms with Gasteiger partial charge in [0, 0.05) is 16.7 Å². The summed E-state index contributed by atoms with van der Waals surface area (Å²) in [5.74, 6) is 0.585. The predicted molar refractivity (Wildman–Crippen MR) is 78.3 cm³/mol. The highest BCUT2D eigenvalue weighted by molar-refractivity contribution is 14.1. The molecule has 0 radical (unpaired) electrons. The molecule has 0 saturated heterocycles. The molecule has 0 atom stereocenters. The van der Waals surface area contributed by atoms with Gasteiger partial charge in [0.2, 0.25) is 0 Å². The van der Waals surface area contributed by atoms with Crippen LogP contribution >= 0.6 is 34.2 Å². The third-order valence-corrected chi connectivity index (χ3v) is 2.93. The lowest BCUT2D eigenvalue weighted by Crippen LogP contribution is -2.12. The van der Waals surface area contributed by atoms with Gasteiger partial charge in [-0.25, -0.2) is 0 Å². The van der Waals surface area contributed by atoms with E-state index in [-0.39, 0.29) is 0 Å². The third kappa shape index (κ3) is 5.37. The second-order valence-electron chi connectivity index (χ2n) is 4.02. The van der Waals surface area contributed by atoms with Gasteiger partial charge in [-0.1, -0.05) is 25.4 Å². The molecule has 2 nitrogen and oxygen atoms in total. The van der Waals surface area contributed by atoms with Crippen molar-refractivity contribution in [2.24, 2.45) is 5.92 Å². The fourth-order valence-corrected chi connectivity index (χ4v) is 2.13. The van der Waals surface area contributed by atoms with E-state index in [1.807, 2.05) is 18.2 Å². The molecular weight excluding hydrogens is 336 g/mol. The van der Waals surface area contributed by atoms with Gasteiger partial charge in [0.25, 0.3) is 0 Å². The van der Waals surface area contributed by atoms with E-state index in [2.05, 4.69) is 41.8 Å². The van der Waals surface area contributed by atoms with Crippen molar-refractivity contribution in [1.82, 2.24) is 0 Å². The Balaban J connectivity index is 2.27. The minimum Gasteiger partial charge on any atom is -0.382 e. The minimum atomic E-state index is 0.585. The van der Waals surface area contributed by atoms with E-state index >= 15 is 0 Å². The normalized spacial score (nSPS) is 10.8. The highest BCUT2D eigenvalue weighted by Crippen LogP contribution is 2.23. The first-order chi connectivity index (χ1) is 7.59. The molecule has 0 saturated carbocycles. The molecule has 1 aromatic rings. The van der Waals surface area contributed by atoms with Crippen LogP contribution in [0.2, 0.25) is 5.02 Å². The molecule has 0 heterocycles. The van der Waals surface area contributed by atoms with E-state index in [0.717, 1.165) is 27.4 Å². The number of halogens is 2. The van der Waals surface area contributed by atoms with Crippen LogP contribution in [-0.2, 0) is 4.74 Å². The van der Waals surface area contributed by atoms with Gasteiger partial charge in [-0.3, -0.25) is 0 Å². The van der Waals surface area contributed by atoms with Crippen LogP contribution in [0.3, 0.4) is 0 Å². The van der Waals surface area contributed by atoms with Crippen LogP contribution in [0.4, 0.5) is 5.69 Å². The van der Waals surface area contributed by atoms with Crippen molar-refractivity contribution in [3.8, 4) is 0 Å². The summed E-state index contributed by atoms with van der Waals surface area (Å²) in [6.07, 6.45) is 0. The molecule has 1 rings (SSSR count). The highest BCUT2D eigenvalue weighted by Gasteiger charge is 2.00. The zero-order valence-corrected chi connectivity index (χ0v) is 12.5. The number of hydrogen-bond acceptors (Lipinski definition) is 2. The first-order valence-electron chi connectivity index (χ1n) is 5.36. The van der Waals surface area contributed by atoms with Crippen LogP contribution in [0.25, 0.3) is 0 Å². The van der Waals surface area contributed by atoms with Crippen molar-refractivity contribution in [3.05, 3.63) is 26.8 Å². The minimum absolute atomic E-state index is 0.585. The number of rotatable bonds is 6. The molecule has 0 aliphatic carbocycles. The standard InChI is InChI=1S/C12H17ClINO/c1-9(2)8-16-6-5-15-12-4-3-10(14)7-11(12)13/h3-4,7,9,15H,5-6,8H2,1-2H3. The first-order valence-corrected chi connectivity index (χ1v) is 6.82. The molecule has 0 aliphatic rings. The topological polar surface area (TPSA) is 21.3 Å². The lowest BCUT2D eigenvalue weighted by molar-refractivity contribution is 0.118. The van der Waals surface area contributed by atoms with Crippen molar-refractivity contribution in [1.29, 1.82) is 0 Å². The maximum absolute atomic E-state index is 6.08. The van der Waals surface area contributed by atoms with Crippen LogP contribution in [0.15, 0.2) is 18.2 Å². The summed E-state index contributed by atoms with van der Waals surface area (Å²) in [6.45, 7) is 6.59. The smallest absolute Gasteiger partial charge is 0.0648 e. The van der Waals surface area contributed by atoms with Gasteiger partial charge in [-0.2, -0.15) is 0 Å². The lowest BCUT2D eigenvalue weighted by atomic mass is 10.2. The van der Waals surface area contributed by atoms with Crippen LogP contribution in [0.5, 0.6) is 0 Å². The number of anilines is 1. The van der Waals surface area contributed by atoms with E-state index in [4.69, 9.17) is 16.3 Å². The first kappa shape index (κ1) is 14.1. The average Bonchev–Trinajstić information content (AvgIpc) is 2.20. The summed E-state index contributed by atoms with van der Waals surface area (Å²) < 4.78 is 6.62. The maximum atomic E-state index is 6.08. The molecule has 0 amide bonds. The summed E-state index contributed by atoms with van der Waals surface area (Å²) in [6, 6.07) is 5.97. The largest absolute Gasteiger partial charge is 0.382 e. The monoisotopic (exact) mass is 353 g/mol. The fraction of sp³-hybridized carbons (Fsp3) is 0.500. The molecule has 0 aromatic heterocycles. The van der Waals surface area contributed by atoms with Gasteiger partial charge in [0.15, 0.2) is 0 Å². The van der Waals surface area contributed by atoms with Crippen molar-refractivity contribution in [2.75, 3.05) is 25.1 Å². The van der Waals surface area contributed by atoms with Crippen LogP contribution < -0.4 is 5.32 Å². The van der Waals surface area contributed by atoms with Gasteiger partial charge in [-0.15, -0.1) is 0 Å². The molecule has 0 fully saturated rings. The molecule has 0 spiro atoms. The van der Waals surface area contributed by atoms with Gasteiger partial charge in [-0.05, 0) is 46.7 Å². The van der Waals surface area contributed by atoms with Crippen LogP contribution in [-0.4, -0.2) is 19.8 Å². The van der Waals surface area contributed by atoms with Crippen molar-refractivity contribution in [3.63, 3.8) is 0 Å². The van der Waals surface area contributed by atoms with Crippen LogP contribution in [0.1, 0.15) is 13.8 Å². The lowest BCUT2D eigenvalue weighted by Gasteiger charge is -2.10. The van der Waals surface area contributed by atoms with Crippen molar-refractivity contribution in [2.45, 2.75) is 13.8 Å². The maximum Gasteiger partial charge on any atom is 0.0648 e. The van der Waals surface area contributed by atoms with Gasteiger partial charge >= 0.3 is 0 Å². The average molecular weight is 354 g/mol. The Kier molecular flexibility index (Phi) is 6.46. The molecule has 0 unspecified atom stereocenters. The summed E-state index contributed by atoms with van der Waals surface area (Å²) in [4.78, 5) is 0. The fourth-order valence-electron chi connectivity index (χ4n) is 1.21. The van der Waals surface area contributed by atoms with Crippen molar-refractivity contribution < 1.29 is 4.74 Å². The Morgan fingerprint density at radius 2 is 2.19 bits per heavy atom. The zero-order chi connectivity index (χ0) is 12.0. The molecule has 0 aliphatic heterocycles. The molecule has 1 aromatic carbocycles. The number of ether oxygens (including phenoxy) is 1.